The van der Waals surface area contributed by atoms with E-state index in [2.05, 4.69) is 16.7 Å². The first-order valence-corrected chi connectivity index (χ1v) is 6.07. The van der Waals surface area contributed by atoms with E-state index in [9.17, 15) is 4.79 Å². The summed E-state index contributed by atoms with van der Waals surface area (Å²) in [5, 5.41) is 6.74. The van der Waals surface area contributed by atoms with Crippen LogP contribution in [0.3, 0.4) is 0 Å². The standard InChI is InChI=1S/C12H16ClN3O/c13-10-2-1-8-6-11(7-9(8)5-10)15-3-4-16-12(14)17/h1-2,5,11,15H,3-4,6-7H2,(H3,14,16,17). The van der Waals surface area contributed by atoms with Crippen molar-refractivity contribution in [2.75, 3.05) is 13.1 Å². The van der Waals surface area contributed by atoms with Crippen molar-refractivity contribution in [1.29, 1.82) is 0 Å². The molecule has 1 unspecified atom stereocenters. The van der Waals surface area contributed by atoms with E-state index in [1.165, 1.54) is 11.1 Å². The molecule has 5 heteroatoms. The van der Waals surface area contributed by atoms with E-state index in [1.807, 2.05) is 12.1 Å². The largest absolute Gasteiger partial charge is 0.352 e. The van der Waals surface area contributed by atoms with Gasteiger partial charge >= 0.3 is 6.03 Å². The topological polar surface area (TPSA) is 67.2 Å². The first-order chi connectivity index (χ1) is 8.15. The Morgan fingerprint density at radius 1 is 1.35 bits per heavy atom. The summed E-state index contributed by atoms with van der Waals surface area (Å²) in [7, 11) is 0. The molecule has 0 aliphatic heterocycles. The first kappa shape index (κ1) is 12.2. The highest BCUT2D eigenvalue weighted by Crippen LogP contribution is 2.25. The first-order valence-electron chi connectivity index (χ1n) is 5.69. The molecule has 1 atom stereocenters. The molecule has 0 bridgehead atoms. The number of hydrogen-bond acceptors (Lipinski definition) is 2. The smallest absolute Gasteiger partial charge is 0.312 e. The number of primary amides is 1. The van der Waals surface area contributed by atoms with Gasteiger partial charge in [-0.25, -0.2) is 4.79 Å². The van der Waals surface area contributed by atoms with Gasteiger partial charge in [-0.15, -0.1) is 0 Å². The molecule has 0 aromatic heterocycles. The molecule has 17 heavy (non-hydrogen) atoms. The van der Waals surface area contributed by atoms with Crippen LogP contribution in [0.5, 0.6) is 0 Å². The molecule has 2 amide bonds. The lowest BCUT2D eigenvalue weighted by molar-refractivity contribution is 0.249. The number of benzene rings is 1. The number of nitrogens with two attached hydrogens (primary N) is 1. The van der Waals surface area contributed by atoms with Crippen molar-refractivity contribution in [2.45, 2.75) is 18.9 Å². The van der Waals surface area contributed by atoms with E-state index < -0.39 is 6.03 Å². The zero-order valence-corrected chi connectivity index (χ0v) is 10.3. The lowest BCUT2D eigenvalue weighted by atomic mass is 10.1. The highest BCUT2D eigenvalue weighted by molar-refractivity contribution is 6.30. The van der Waals surface area contributed by atoms with Gasteiger partial charge in [0.2, 0.25) is 0 Å². The zero-order chi connectivity index (χ0) is 12.3. The maximum Gasteiger partial charge on any atom is 0.312 e. The van der Waals surface area contributed by atoms with Gasteiger partial charge in [-0.2, -0.15) is 0 Å². The van der Waals surface area contributed by atoms with Crippen molar-refractivity contribution in [1.82, 2.24) is 10.6 Å². The van der Waals surface area contributed by atoms with Gasteiger partial charge in [0.1, 0.15) is 0 Å². The van der Waals surface area contributed by atoms with Crippen molar-refractivity contribution < 1.29 is 4.79 Å². The van der Waals surface area contributed by atoms with Gasteiger partial charge in [0.25, 0.3) is 0 Å². The van der Waals surface area contributed by atoms with Gasteiger partial charge in [0.05, 0.1) is 0 Å². The Bertz CT molecular complexity index is 422. The summed E-state index contributed by atoms with van der Waals surface area (Å²) in [4.78, 5) is 10.5. The van der Waals surface area contributed by atoms with Crippen LogP contribution in [0, 0.1) is 0 Å². The van der Waals surface area contributed by atoms with Crippen LogP contribution in [0.4, 0.5) is 4.79 Å². The van der Waals surface area contributed by atoms with Gasteiger partial charge in [-0.3, -0.25) is 0 Å². The highest BCUT2D eigenvalue weighted by Gasteiger charge is 2.20. The Hall–Kier alpha value is -1.26. The molecule has 1 aliphatic carbocycles. The molecular weight excluding hydrogens is 238 g/mol. The third-order valence-corrected chi connectivity index (χ3v) is 3.19. The van der Waals surface area contributed by atoms with Crippen molar-refractivity contribution in [3.05, 3.63) is 34.3 Å². The normalized spacial score (nSPS) is 17.8. The van der Waals surface area contributed by atoms with Crippen LogP contribution in [-0.2, 0) is 12.8 Å². The molecule has 4 N–H and O–H groups in total. The molecule has 0 radical (unpaired) electrons. The minimum atomic E-state index is -0.478. The summed E-state index contributed by atoms with van der Waals surface area (Å²) in [6.07, 6.45) is 2.01. The second kappa shape index (κ2) is 5.38. The second-order valence-electron chi connectivity index (χ2n) is 4.26. The molecule has 0 heterocycles. The predicted molar refractivity (Wildman–Crippen MR) is 68.2 cm³/mol. The summed E-state index contributed by atoms with van der Waals surface area (Å²) in [5.41, 5.74) is 7.65. The molecule has 4 nitrogen and oxygen atoms in total. The van der Waals surface area contributed by atoms with E-state index in [1.54, 1.807) is 0 Å². The van der Waals surface area contributed by atoms with E-state index in [0.717, 1.165) is 24.4 Å². The Kier molecular flexibility index (Phi) is 3.86. The Morgan fingerprint density at radius 3 is 2.88 bits per heavy atom. The molecule has 2 rings (SSSR count). The van der Waals surface area contributed by atoms with Crippen LogP contribution in [0.2, 0.25) is 5.02 Å². The van der Waals surface area contributed by atoms with E-state index in [4.69, 9.17) is 17.3 Å². The lowest BCUT2D eigenvalue weighted by Crippen LogP contribution is -2.39. The fourth-order valence-electron chi connectivity index (χ4n) is 2.19. The third-order valence-electron chi connectivity index (χ3n) is 2.96. The van der Waals surface area contributed by atoms with Crippen LogP contribution < -0.4 is 16.4 Å². The fourth-order valence-corrected chi connectivity index (χ4v) is 2.39. The van der Waals surface area contributed by atoms with Crippen molar-refractivity contribution in [3.63, 3.8) is 0 Å². The number of halogens is 1. The van der Waals surface area contributed by atoms with Crippen LogP contribution in [0.1, 0.15) is 11.1 Å². The van der Waals surface area contributed by atoms with Crippen molar-refractivity contribution in [2.24, 2.45) is 5.73 Å². The number of carbonyl (C=O) groups excluding carboxylic acids is 1. The van der Waals surface area contributed by atoms with Gasteiger partial charge < -0.3 is 16.4 Å². The maximum absolute atomic E-state index is 10.5. The van der Waals surface area contributed by atoms with Crippen molar-refractivity contribution in [3.8, 4) is 0 Å². The van der Waals surface area contributed by atoms with E-state index >= 15 is 0 Å². The van der Waals surface area contributed by atoms with Gasteiger partial charge in [-0.05, 0) is 36.1 Å². The average Bonchev–Trinajstić information content (AvgIpc) is 2.66. The molecule has 1 aromatic rings. The summed E-state index contributed by atoms with van der Waals surface area (Å²) in [6.45, 7) is 1.29. The van der Waals surface area contributed by atoms with E-state index in [0.29, 0.717) is 12.6 Å². The van der Waals surface area contributed by atoms with Crippen LogP contribution in [0.15, 0.2) is 18.2 Å². The monoisotopic (exact) mass is 253 g/mol. The Balaban J connectivity index is 1.78. The molecule has 1 aromatic carbocycles. The number of rotatable bonds is 4. The van der Waals surface area contributed by atoms with Crippen LogP contribution in [-0.4, -0.2) is 25.2 Å². The molecular formula is C12H16ClN3O. The third kappa shape index (κ3) is 3.35. The quantitative estimate of drug-likeness (QED) is 0.703. The Morgan fingerprint density at radius 2 is 2.12 bits per heavy atom. The lowest BCUT2D eigenvalue weighted by Gasteiger charge is -2.11. The van der Waals surface area contributed by atoms with Gasteiger partial charge in [-0.1, -0.05) is 17.7 Å². The minimum Gasteiger partial charge on any atom is -0.352 e. The number of nitrogens with one attached hydrogen (secondary N) is 2. The number of amides is 2. The molecule has 92 valence electrons. The van der Waals surface area contributed by atoms with Crippen LogP contribution >= 0.6 is 11.6 Å². The number of hydrogen-bond donors (Lipinski definition) is 3. The molecule has 0 saturated carbocycles. The summed E-state index contributed by atoms with van der Waals surface area (Å²) >= 11 is 5.95. The van der Waals surface area contributed by atoms with Crippen LogP contribution in [0.25, 0.3) is 0 Å². The molecule has 0 fully saturated rings. The zero-order valence-electron chi connectivity index (χ0n) is 9.50. The fraction of sp³-hybridized carbons (Fsp3) is 0.417. The number of fused-ring (bicyclic) bond motifs is 1. The van der Waals surface area contributed by atoms with E-state index in [-0.39, 0.29) is 0 Å². The average molecular weight is 254 g/mol. The second-order valence-corrected chi connectivity index (χ2v) is 4.70. The SMILES string of the molecule is NC(=O)NCCNC1Cc2ccc(Cl)cc2C1. The van der Waals surface area contributed by atoms with Gasteiger partial charge in [0.15, 0.2) is 0 Å². The maximum atomic E-state index is 10.5. The molecule has 1 aliphatic rings. The predicted octanol–water partition coefficient (Wildman–Crippen LogP) is 1.07. The van der Waals surface area contributed by atoms with Gasteiger partial charge in [0, 0.05) is 24.2 Å². The van der Waals surface area contributed by atoms with Crippen molar-refractivity contribution >= 4 is 17.6 Å². The Labute approximate surface area is 106 Å². The summed E-state index contributed by atoms with van der Waals surface area (Å²) in [6, 6.07) is 5.99. The number of carbonyl (C=O) groups is 1. The molecule has 0 spiro atoms. The minimum absolute atomic E-state index is 0.429. The summed E-state index contributed by atoms with van der Waals surface area (Å²) < 4.78 is 0. The summed E-state index contributed by atoms with van der Waals surface area (Å²) in [5.74, 6) is 0. The highest BCUT2D eigenvalue weighted by atomic mass is 35.5. The molecule has 0 saturated heterocycles. The number of urea groups is 1.